The number of nitrogens with zero attached hydrogens (tertiary/aromatic N) is 1. The highest BCUT2D eigenvalue weighted by atomic mass is 79.9. The Labute approximate surface area is 127 Å². The maximum absolute atomic E-state index is 13.0. The molecule has 0 amide bonds. The first-order chi connectivity index (χ1) is 9.52. The fourth-order valence-electron chi connectivity index (χ4n) is 2.25. The average molecular weight is 337 g/mol. The van der Waals surface area contributed by atoms with Crippen LogP contribution in [-0.2, 0) is 0 Å². The second-order valence-electron chi connectivity index (χ2n) is 4.86. The van der Waals surface area contributed by atoms with Crippen molar-refractivity contribution in [1.29, 1.82) is 0 Å². The standard InChI is InChI=1S/C16H18BrFN2/c1-11-3-8-14(15(17)9-11)16(10-19)20(2)13-6-4-12(18)5-7-13/h3-9,16H,10,19H2,1-2H3. The SMILES string of the molecule is Cc1ccc(C(CN)N(C)c2ccc(F)cc2)c(Br)c1. The molecule has 2 rings (SSSR count). The van der Waals surface area contributed by atoms with Crippen LogP contribution in [0.5, 0.6) is 0 Å². The van der Waals surface area contributed by atoms with Crippen molar-refractivity contribution < 1.29 is 4.39 Å². The number of hydrogen-bond donors (Lipinski definition) is 1. The zero-order valence-electron chi connectivity index (χ0n) is 11.6. The third-order valence-corrected chi connectivity index (χ3v) is 4.13. The Kier molecular flexibility index (Phi) is 4.78. The smallest absolute Gasteiger partial charge is 0.123 e. The molecule has 0 aliphatic rings. The van der Waals surface area contributed by atoms with E-state index in [1.807, 2.05) is 7.05 Å². The van der Waals surface area contributed by atoms with Crippen LogP contribution in [0, 0.1) is 12.7 Å². The van der Waals surface area contributed by atoms with Gasteiger partial charge in [-0.3, -0.25) is 0 Å². The number of rotatable bonds is 4. The summed E-state index contributed by atoms with van der Waals surface area (Å²) in [4.78, 5) is 2.06. The van der Waals surface area contributed by atoms with E-state index >= 15 is 0 Å². The Hall–Kier alpha value is -1.39. The van der Waals surface area contributed by atoms with Crippen LogP contribution in [0.15, 0.2) is 46.9 Å². The number of likely N-dealkylation sites (N-methyl/N-ethyl adjacent to an activating group) is 1. The predicted molar refractivity (Wildman–Crippen MR) is 85.5 cm³/mol. The third kappa shape index (κ3) is 3.19. The fourth-order valence-corrected chi connectivity index (χ4v) is 3.01. The summed E-state index contributed by atoms with van der Waals surface area (Å²) in [5.74, 6) is -0.233. The monoisotopic (exact) mass is 336 g/mol. The predicted octanol–water partition coefficient (Wildman–Crippen LogP) is 4.03. The van der Waals surface area contributed by atoms with E-state index in [1.54, 1.807) is 12.1 Å². The minimum absolute atomic E-state index is 0.0374. The van der Waals surface area contributed by atoms with Crippen LogP contribution in [0.1, 0.15) is 17.2 Å². The van der Waals surface area contributed by atoms with E-state index in [1.165, 1.54) is 17.7 Å². The molecule has 106 valence electrons. The number of anilines is 1. The molecule has 0 aromatic heterocycles. The molecule has 0 fully saturated rings. The maximum atomic E-state index is 13.0. The Morgan fingerprint density at radius 3 is 2.40 bits per heavy atom. The van der Waals surface area contributed by atoms with Gasteiger partial charge in [0.2, 0.25) is 0 Å². The minimum atomic E-state index is -0.233. The zero-order valence-corrected chi connectivity index (χ0v) is 13.2. The molecule has 20 heavy (non-hydrogen) atoms. The van der Waals surface area contributed by atoms with Crippen molar-refractivity contribution in [3.63, 3.8) is 0 Å². The van der Waals surface area contributed by atoms with E-state index in [2.05, 4.69) is 46.0 Å². The summed E-state index contributed by atoms with van der Waals surface area (Å²) in [5, 5.41) is 0. The van der Waals surface area contributed by atoms with Gasteiger partial charge in [-0.05, 0) is 48.4 Å². The molecular weight excluding hydrogens is 319 g/mol. The molecule has 0 spiro atoms. The number of benzene rings is 2. The number of hydrogen-bond acceptors (Lipinski definition) is 2. The lowest BCUT2D eigenvalue weighted by molar-refractivity contribution is 0.626. The van der Waals surface area contributed by atoms with Crippen molar-refractivity contribution in [1.82, 2.24) is 0 Å². The molecule has 0 radical (unpaired) electrons. The normalized spacial score (nSPS) is 12.2. The molecule has 0 bridgehead atoms. The molecule has 0 saturated carbocycles. The summed E-state index contributed by atoms with van der Waals surface area (Å²) < 4.78 is 14.1. The van der Waals surface area contributed by atoms with Gasteiger partial charge in [0.1, 0.15) is 5.82 Å². The molecule has 1 unspecified atom stereocenters. The molecule has 2 nitrogen and oxygen atoms in total. The molecule has 2 aromatic carbocycles. The molecule has 2 aromatic rings. The van der Waals surface area contributed by atoms with Crippen LogP contribution in [0.3, 0.4) is 0 Å². The van der Waals surface area contributed by atoms with Crippen molar-refractivity contribution in [2.75, 3.05) is 18.5 Å². The van der Waals surface area contributed by atoms with E-state index in [0.29, 0.717) is 6.54 Å². The lowest BCUT2D eigenvalue weighted by atomic mass is 10.0. The molecule has 0 aliphatic carbocycles. The Balaban J connectivity index is 2.33. The van der Waals surface area contributed by atoms with Gasteiger partial charge in [-0.15, -0.1) is 0 Å². The van der Waals surface area contributed by atoms with Gasteiger partial charge in [0.15, 0.2) is 0 Å². The van der Waals surface area contributed by atoms with Gasteiger partial charge in [0, 0.05) is 23.8 Å². The van der Waals surface area contributed by atoms with Crippen LogP contribution in [0.4, 0.5) is 10.1 Å². The molecule has 1 atom stereocenters. The van der Waals surface area contributed by atoms with Crippen LogP contribution >= 0.6 is 15.9 Å². The van der Waals surface area contributed by atoms with Crippen molar-refractivity contribution in [3.8, 4) is 0 Å². The van der Waals surface area contributed by atoms with E-state index in [4.69, 9.17) is 5.73 Å². The van der Waals surface area contributed by atoms with Crippen LogP contribution in [0.2, 0.25) is 0 Å². The molecule has 2 N–H and O–H groups in total. The molecule has 0 heterocycles. The van der Waals surface area contributed by atoms with Crippen LogP contribution in [-0.4, -0.2) is 13.6 Å². The van der Waals surface area contributed by atoms with E-state index in [0.717, 1.165) is 15.7 Å². The number of halogens is 2. The van der Waals surface area contributed by atoms with Gasteiger partial charge in [-0.2, -0.15) is 0 Å². The zero-order chi connectivity index (χ0) is 14.7. The second-order valence-corrected chi connectivity index (χ2v) is 5.72. The van der Waals surface area contributed by atoms with Gasteiger partial charge in [0.25, 0.3) is 0 Å². The number of aryl methyl sites for hydroxylation is 1. The minimum Gasteiger partial charge on any atom is -0.366 e. The Morgan fingerprint density at radius 2 is 1.85 bits per heavy atom. The van der Waals surface area contributed by atoms with Crippen molar-refractivity contribution in [3.05, 3.63) is 63.9 Å². The summed E-state index contributed by atoms with van der Waals surface area (Å²) in [6, 6.07) is 12.7. The topological polar surface area (TPSA) is 29.3 Å². The Morgan fingerprint density at radius 1 is 1.20 bits per heavy atom. The largest absolute Gasteiger partial charge is 0.366 e. The molecule has 0 aliphatic heterocycles. The highest BCUT2D eigenvalue weighted by Crippen LogP contribution is 2.30. The van der Waals surface area contributed by atoms with E-state index in [-0.39, 0.29) is 11.9 Å². The first-order valence-corrected chi connectivity index (χ1v) is 7.26. The molecule has 0 saturated heterocycles. The van der Waals surface area contributed by atoms with E-state index in [9.17, 15) is 4.39 Å². The van der Waals surface area contributed by atoms with Gasteiger partial charge in [-0.25, -0.2) is 4.39 Å². The first kappa shape index (κ1) is 15.0. The van der Waals surface area contributed by atoms with E-state index < -0.39 is 0 Å². The van der Waals surface area contributed by atoms with Gasteiger partial charge in [0.05, 0.1) is 6.04 Å². The number of nitrogens with two attached hydrogens (primary N) is 1. The summed E-state index contributed by atoms with van der Waals surface area (Å²) >= 11 is 3.60. The van der Waals surface area contributed by atoms with Crippen molar-refractivity contribution in [2.24, 2.45) is 5.73 Å². The molecular formula is C16H18BrFN2. The average Bonchev–Trinajstić information content (AvgIpc) is 2.42. The van der Waals surface area contributed by atoms with Crippen LogP contribution in [0.25, 0.3) is 0 Å². The van der Waals surface area contributed by atoms with Crippen molar-refractivity contribution in [2.45, 2.75) is 13.0 Å². The van der Waals surface area contributed by atoms with Gasteiger partial charge >= 0.3 is 0 Å². The first-order valence-electron chi connectivity index (χ1n) is 6.47. The maximum Gasteiger partial charge on any atom is 0.123 e. The Bertz CT molecular complexity index is 584. The third-order valence-electron chi connectivity index (χ3n) is 3.44. The van der Waals surface area contributed by atoms with Gasteiger partial charge in [-0.1, -0.05) is 28.1 Å². The summed E-state index contributed by atoms with van der Waals surface area (Å²) in [5.41, 5.74) is 9.21. The lowest BCUT2D eigenvalue weighted by Gasteiger charge is -2.30. The summed E-state index contributed by atoms with van der Waals surface area (Å²) in [6.07, 6.45) is 0. The van der Waals surface area contributed by atoms with Crippen LogP contribution < -0.4 is 10.6 Å². The second kappa shape index (κ2) is 6.37. The highest BCUT2D eigenvalue weighted by Gasteiger charge is 2.18. The highest BCUT2D eigenvalue weighted by molar-refractivity contribution is 9.10. The summed E-state index contributed by atoms with van der Waals surface area (Å²) in [7, 11) is 1.97. The quantitative estimate of drug-likeness (QED) is 0.913. The fraction of sp³-hybridized carbons (Fsp3) is 0.250. The lowest BCUT2D eigenvalue weighted by Crippen LogP contribution is -2.30. The molecule has 4 heteroatoms. The van der Waals surface area contributed by atoms with Gasteiger partial charge < -0.3 is 10.6 Å². The summed E-state index contributed by atoms with van der Waals surface area (Å²) in [6.45, 7) is 2.53. The van der Waals surface area contributed by atoms with Crippen molar-refractivity contribution >= 4 is 21.6 Å².